The van der Waals surface area contributed by atoms with Crippen molar-refractivity contribution in [3.63, 3.8) is 0 Å². The van der Waals surface area contributed by atoms with Crippen LogP contribution >= 0.6 is 0 Å². The average molecular weight is 262 g/mol. The Kier molecular flexibility index (Phi) is 6.93. The lowest BCUT2D eigenvalue weighted by Crippen LogP contribution is -2.36. The third kappa shape index (κ3) is 5.65. The number of aliphatic hydroxyl groups is 1. The fraction of sp³-hybridized carbons (Fsp3) is 0.588. The van der Waals surface area contributed by atoms with E-state index in [1.54, 1.807) is 0 Å². The number of benzene rings is 1. The van der Waals surface area contributed by atoms with Crippen LogP contribution in [0.4, 0.5) is 5.69 Å². The molecular weight excluding hydrogens is 234 g/mol. The van der Waals surface area contributed by atoms with Crippen molar-refractivity contribution in [1.29, 1.82) is 0 Å². The maximum Gasteiger partial charge on any atom is 0.0819 e. The maximum atomic E-state index is 10.6. The van der Waals surface area contributed by atoms with Crippen molar-refractivity contribution in [1.82, 2.24) is 0 Å². The van der Waals surface area contributed by atoms with Crippen molar-refractivity contribution in [2.75, 3.05) is 11.9 Å². The molecular formula is C17H28NO. The van der Waals surface area contributed by atoms with Gasteiger partial charge >= 0.3 is 0 Å². The van der Waals surface area contributed by atoms with Crippen LogP contribution in [-0.4, -0.2) is 17.3 Å². The molecule has 0 heterocycles. The first kappa shape index (κ1) is 16.0. The molecule has 0 aromatic heterocycles. The molecule has 0 amide bonds. The van der Waals surface area contributed by atoms with Gasteiger partial charge in [-0.15, -0.1) is 0 Å². The Balaban J connectivity index is 2.60. The van der Waals surface area contributed by atoms with Gasteiger partial charge < -0.3 is 10.4 Å². The Bertz CT molecular complexity index is 356. The molecule has 0 aliphatic carbocycles. The topological polar surface area (TPSA) is 32.3 Å². The van der Waals surface area contributed by atoms with E-state index >= 15 is 0 Å². The Morgan fingerprint density at radius 1 is 1.21 bits per heavy atom. The van der Waals surface area contributed by atoms with Crippen molar-refractivity contribution < 1.29 is 5.11 Å². The van der Waals surface area contributed by atoms with Crippen LogP contribution in [0.3, 0.4) is 0 Å². The van der Waals surface area contributed by atoms with Crippen molar-refractivity contribution in [2.45, 2.75) is 58.5 Å². The first-order chi connectivity index (χ1) is 9.13. The lowest BCUT2D eigenvalue weighted by Gasteiger charge is -2.28. The molecule has 2 N–H and O–H groups in total. The molecule has 1 aromatic rings. The Morgan fingerprint density at radius 2 is 1.89 bits per heavy atom. The third-order valence-corrected chi connectivity index (χ3v) is 3.42. The molecule has 0 aliphatic rings. The van der Waals surface area contributed by atoms with Gasteiger partial charge in [-0.05, 0) is 43.4 Å². The van der Waals surface area contributed by atoms with Crippen LogP contribution < -0.4 is 5.32 Å². The van der Waals surface area contributed by atoms with Crippen LogP contribution in [-0.2, 0) is 6.42 Å². The summed E-state index contributed by atoms with van der Waals surface area (Å²) in [5.74, 6) is 0. The summed E-state index contributed by atoms with van der Waals surface area (Å²) in [5, 5.41) is 14.0. The van der Waals surface area contributed by atoms with Crippen LogP contribution in [0.1, 0.15) is 52.0 Å². The van der Waals surface area contributed by atoms with E-state index in [1.165, 1.54) is 5.56 Å². The summed E-state index contributed by atoms with van der Waals surface area (Å²) in [6.45, 7) is 6.95. The lowest BCUT2D eigenvalue weighted by atomic mass is 9.92. The fourth-order valence-electron chi connectivity index (χ4n) is 2.54. The van der Waals surface area contributed by atoms with Gasteiger partial charge in [0.25, 0.3) is 0 Å². The molecule has 19 heavy (non-hydrogen) atoms. The zero-order chi connectivity index (χ0) is 14.1. The highest BCUT2D eigenvalue weighted by Crippen LogP contribution is 2.21. The summed E-state index contributed by atoms with van der Waals surface area (Å²) in [6.07, 6.45) is 6.89. The second-order valence-corrected chi connectivity index (χ2v) is 5.39. The smallest absolute Gasteiger partial charge is 0.0819 e. The Labute approximate surface area is 118 Å². The number of rotatable bonds is 9. The summed E-state index contributed by atoms with van der Waals surface area (Å²) >= 11 is 0. The molecule has 1 aromatic carbocycles. The SMILES string of the molecule is C[CH]Cc1cccc(NCC(O)(CCC)CCC)c1. The molecule has 0 spiro atoms. The quantitative estimate of drug-likeness (QED) is 0.699. The third-order valence-electron chi connectivity index (χ3n) is 3.42. The Morgan fingerprint density at radius 3 is 2.47 bits per heavy atom. The maximum absolute atomic E-state index is 10.6. The van der Waals surface area contributed by atoms with E-state index in [1.807, 2.05) is 0 Å². The first-order valence-electron chi connectivity index (χ1n) is 7.46. The minimum atomic E-state index is -0.573. The largest absolute Gasteiger partial charge is 0.388 e. The molecule has 0 saturated heterocycles. The molecule has 1 radical (unpaired) electrons. The molecule has 0 atom stereocenters. The number of hydrogen-bond acceptors (Lipinski definition) is 2. The van der Waals surface area contributed by atoms with E-state index < -0.39 is 5.60 Å². The molecule has 2 heteroatoms. The van der Waals surface area contributed by atoms with Gasteiger partial charge in [0.15, 0.2) is 0 Å². The zero-order valence-electron chi connectivity index (χ0n) is 12.6. The van der Waals surface area contributed by atoms with Crippen LogP contribution in [0.2, 0.25) is 0 Å². The van der Waals surface area contributed by atoms with Gasteiger partial charge in [0.1, 0.15) is 0 Å². The molecule has 0 bridgehead atoms. The van der Waals surface area contributed by atoms with E-state index in [0.29, 0.717) is 6.54 Å². The molecule has 0 unspecified atom stereocenters. The van der Waals surface area contributed by atoms with Crippen LogP contribution in [0, 0.1) is 6.42 Å². The summed E-state index contributed by atoms with van der Waals surface area (Å²) in [6, 6.07) is 8.44. The highest BCUT2D eigenvalue weighted by Gasteiger charge is 2.24. The summed E-state index contributed by atoms with van der Waals surface area (Å²) in [5.41, 5.74) is 1.84. The molecule has 107 valence electrons. The van der Waals surface area contributed by atoms with E-state index in [9.17, 15) is 5.11 Å². The van der Waals surface area contributed by atoms with Crippen molar-refractivity contribution in [3.8, 4) is 0 Å². The molecule has 0 saturated carbocycles. The van der Waals surface area contributed by atoms with E-state index in [2.05, 4.69) is 56.8 Å². The monoisotopic (exact) mass is 262 g/mol. The zero-order valence-corrected chi connectivity index (χ0v) is 12.6. The summed E-state index contributed by atoms with van der Waals surface area (Å²) in [7, 11) is 0. The number of hydrogen-bond donors (Lipinski definition) is 2. The molecule has 0 fully saturated rings. The van der Waals surface area contributed by atoms with Crippen LogP contribution in [0.25, 0.3) is 0 Å². The lowest BCUT2D eigenvalue weighted by molar-refractivity contribution is 0.0344. The van der Waals surface area contributed by atoms with E-state index in [4.69, 9.17) is 0 Å². The first-order valence-corrected chi connectivity index (χ1v) is 7.46. The average Bonchev–Trinajstić information content (AvgIpc) is 2.38. The highest BCUT2D eigenvalue weighted by atomic mass is 16.3. The van der Waals surface area contributed by atoms with E-state index in [-0.39, 0.29) is 0 Å². The summed E-state index contributed by atoms with van der Waals surface area (Å²) < 4.78 is 0. The number of anilines is 1. The fourth-order valence-corrected chi connectivity index (χ4v) is 2.54. The highest BCUT2D eigenvalue weighted by molar-refractivity contribution is 5.46. The van der Waals surface area contributed by atoms with Gasteiger partial charge in [0.2, 0.25) is 0 Å². The van der Waals surface area contributed by atoms with E-state index in [0.717, 1.165) is 37.8 Å². The minimum absolute atomic E-state index is 0.573. The van der Waals surface area contributed by atoms with Gasteiger partial charge in [0.05, 0.1) is 5.60 Å². The molecule has 2 nitrogen and oxygen atoms in total. The summed E-state index contributed by atoms with van der Waals surface area (Å²) in [4.78, 5) is 0. The predicted octanol–water partition coefficient (Wildman–Crippen LogP) is 4.20. The van der Waals surface area contributed by atoms with Gasteiger partial charge in [0, 0.05) is 12.2 Å². The standard InChI is InChI=1S/C17H28NO/c1-4-8-15-9-7-10-16(13-15)18-14-17(19,11-5-2)12-6-3/h4,7,9-10,13,18-19H,5-6,8,11-12,14H2,1-3H3. The van der Waals surface area contributed by atoms with Gasteiger partial charge in [-0.1, -0.05) is 45.7 Å². The van der Waals surface area contributed by atoms with Gasteiger partial charge in [-0.3, -0.25) is 0 Å². The van der Waals surface area contributed by atoms with Crippen LogP contribution in [0.15, 0.2) is 24.3 Å². The van der Waals surface area contributed by atoms with Crippen molar-refractivity contribution >= 4 is 5.69 Å². The normalized spacial score (nSPS) is 11.6. The second kappa shape index (κ2) is 8.21. The minimum Gasteiger partial charge on any atom is -0.388 e. The van der Waals surface area contributed by atoms with Gasteiger partial charge in [-0.2, -0.15) is 0 Å². The second-order valence-electron chi connectivity index (χ2n) is 5.39. The Hall–Kier alpha value is -1.02. The van der Waals surface area contributed by atoms with Gasteiger partial charge in [-0.25, -0.2) is 0 Å². The van der Waals surface area contributed by atoms with Crippen molar-refractivity contribution in [2.24, 2.45) is 0 Å². The molecule has 0 aliphatic heterocycles. The number of nitrogens with one attached hydrogen (secondary N) is 1. The predicted molar refractivity (Wildman–Crippen MR) is 83.4 cm³/mol. The molecule has 1 rings (SSSR count). The van der Waals surface area contributed by atoms with Crippen molar-refractivity contribution in [3.05, 3.63) is 36.2 Å². The van der Waals surface area contributed by atoms with Crippen LogP contribution in [0.5, 0.6) is 0 Å².